The third-order valence-corrected chi connectivity index (χ3v) is 2.54. The van der Waals surface area contributed by atoms with Crippen LogP contribution in [0.2, 0.25) is 0 Å². The molecule has 3 heteroatoms. The summed E-state index contributed by atoms with van der Waals surface area (Å²) in [7, 11) is 0. The number of rotatable bonds is 3. The summed E-state index contributed by atoms with van der Waals surface area (Å²) in [4.78, 5) is 2.35. The lowest BCUT2D eigenvalue weighted by atomic mass is 10.1. The van der Waals surface area contributed by atoms with Crippen molar-refractivity contribution in [3.8, 4) is 0 Å². The van der Waals surface area contributed by atoms with Crippen LogP contribution in [0.25, 0.3) is 0 Å². The Labute approximate surface area is 74.5 Å². The van der Waals surface area contributed by atoms with Crippen molar-refractivity contribution in [1.29, 1.82) is 0 Å². The SMILES string of the molecule is C[C@@H](O)C(N)CN1CCCCC1. The predicted octanol–water partition coefficient (Wildman–Crippen LogP) is 0.180. The number of nitrogens with zero attached hydrogens (tertiary/aromatic N) is 1. The molecule has 0 radical (unpaired) electrons. The van der Waals surface area contributed by atoms with E-state index in [0.29, 0.717) is 0 Å². The number of piperidine rings is 1. The quantitative estimate of drug-likeness (QED) is 0.638. The fourth-order valence-electron chi connectivity index (χ4n) is 1.59. The molecule has 1 saturated heterocycles. The monoisotopic (exact) mass is 172 g/mol. The second kappa shape index (κ2) is 4.80. The van der Waals surface area contributed by atoms with E-state index in [1.807, 2.05) is 0 Å². The highest BCUT2D eigenvalue weighted by Gasteiger charge is 2.16. The van der Waals surface area contributed by atoms with Crippen molar-refractivity contribution in [2.24, 2.45) is 5.73 Å². The minimum atomic E-state index is -0.382. The lowest BCUT2D eigenvalue weighted by molar-refractivity contribution is 0.124. The van der Waals surface area contributed by atoms with Crippen LogP contribution in [0, 0.1) is 0 Å². The van der Waals surface area contributed by atoms with Gasteiger partial charge < -0.3 is 15.7 Å². The van der Waals surface area contributed by atoms with E-state index in [9.17, 15) is 5.11 Å². The number of hydrogen-bond acceptors (Lipinski definition) is 3. The van der Waals surface area contributed by atoms with Gasteiger partial charge in [0, 0.05) is 12.6 Å². The van der Waals surface area contributed by atoms with Crippen molar-refractivity contribution >= 4 is 0 Å². The zero-order valence-corrected chi connectivity index (χ0v) is 7.87. The maximum Gasteiger partial charge on any atom is 0.0675 e. The van der Waals surface area contributed by atoms with Crippen molar-refractivity contribution in [3.05, 3.63) is 0 Å². The van der Waals surface area contributed by atoms with Gasteiger partial charge in [-0.3, -0.25) is 0 Å². The van der Waals surface area contributed by atoms with Crippen LogP contribution in [0.15, 0.2) is 0 Å². The maximum atomic E-state index is 9.20. The van der Waals surface area contributed by atoms with Gasteiger partial charge in [0.2, 0.25) is 0 Å². The molecule has 12 heavy (non-hydrogen) atoms. The lowest BCUT2D eigenvalue weighted by Crippen LogP contribution is -2.45. The van der Waals surface area contributed by atoms with Crippen LogP contribution < -0.4 is 5.73 Å². The molecule has 3 N–H and O–H groups in total. The Morgan fingerprint density at radius 3 is 2.42 bits per heavy atom. The molecule has 0 spiro atoms. The summed E-state index contributed by atoms with van der Waals surface area (Å²) in [6.07, 6.45) is 3.53. The molecule has 1 heterocycles. The van der Waals surface area contributed by atoms with Crippen LogP contribution in [0.5, 0.6) is 0 Å². The smallest absolute Gasteiger partial charge is 0.0675 e. The summed E-state index contributed by atoms with van der Waals surface area (Å²) in [5, 5.41) is 9.20. The molecule has 0 aromatic carbocycles. The molecule has 0 saturated carbocycles. The summed E-state index contributed by atoms with van der Waals surface area (Å²) in [6.45, 7) is 4.91. The molecule has 3 nitrogen and oxygen atoms in total. The van der Waals surface area contributed by atoms with Gasteiger partial charge in [-0.1, -0.05) is 6.42 Å². The van der Waals surface area contributed by atoms with E-state index in [2.05, 4.69) is 4.90 Å². The van der Waals surface area contributed by atoms with Gasteiger partial charge in [0.05, 0.1) is 6.10 Å². The first-order chi connectivity index (χ1) is 5.70. The molecule has 1 rings (SSSR count). The molecule has 0 aromatic heterocycles. The molecule has 0 bridgehead atoms. The van der Waals surface area contributed by atoms with Crippen molar-refractivity contribution in [2.45, 2.75) is 38.3 Å². The van der Waals surface area contributed by atoms with Crippen molar-refractivity contribution in [1.82, 2.24) is 4.90 Å². The van der Waals surface area contributed by atoms with Crippen molar-refractivity contribution in [2.75, 3.05) is 19.6 Å². The molecular formula is C9H20N2O. The Hall–Kier alpha value is -0.120. The Morgan fingerprint density at radius 1 is 1.33 bits per heavy atom. The first-order valence-corrected chi connectivity index (χ1v) is 4.86. The van der Waals surface area contributed by atoms with Gasteiger partial charge in [-0.15, -0.1) is 0 Å². The van der Waals surface area contributed by atoms with Gasteiger partial charge in [0.25, 0.3) is 0 Å². The molecule has 0 aromatic rings. The van der Waals surface area contributed by atoms with E-state index in [1.165, 1.54) is 19.3 Å². The zero-order valence-electron chi connectivity index (χ0n) is 7.87. The van der Waals surface area contributed by atoms with Gasteiger partial charge in [-0.25, -0.2) is 0 Å². The summed E-state index contributed by atoms with van der Waals surface area (Å²) in [6, 6.07) is -0.0805. The number of nitrogens with two attached hydrogens (primary N) is 1. The van der Waals surface area contributed by atoms with Crippen LogP contribution in [0.3, 0.4) is 0 Å². The molecule has 1 fully saturated rings. The average Bonchev–Trinajstić information content (AvgIpc) is 2.06. The van der Waals surface area contributed by atoms with E-state index >= 15 is 0 Å². The number of likely N-dealkylation sites (tertiary alicyclic amines) is 1. The second-order valence-corrected chi connectivity index (χ2v) is 3.77. The van der Waals surface area contributed by atoms with E-state index < -0.39 is 0 Å². The van der Waals surface area contributed by atoms with Crippen molar-refractivity contribution in [3.63, 3.8) is 0 Å². The van der Waals surface area contributed by atoms with Crippen LogP contribution >= 0.6 is 0 Å². The predicted molar refractivity (Wildman–Crippen MR) is 49.9 cm³/mol. The van der Waals surface area contributed by atoms with Gasteiger partial charge in [0.1, 0.15) is 0 Å². The number of aliphatic hydroxyl groups excluding tert-OH is 1. The van der Waals surface area contributed by atoms with Crippen molar-refractivity contribution < 1.29 is 5.11 Å². The van der Waals surface area contributed by atoms with Gasteiger partial charge in [0.15, 0.2) is 0 Å². The molecule has 0 aliphatic carbocycles. The average molecular weight is 172 g/mol. The third kappa shape index (κ3) is 3.09. The molecule has 1 aliphatic heterocycles. The highest BCUT2D eigenvalue weighted by atomic mass is 16.3. The minimum absolute atomic E-state index is 0.0805. The topological polar surface area (TPSA) is 49.5 Å². The largest absolute Gasteiger partial charge is 0.392 e. The van der Waals surface area contributed by atoms with Crippen LogP contribution in [0.4, 0.5) is 0 Å². The molecule has 72 valence electrons. The molecule has 1 aliphatic rings. The van der Waals surface area contributed by atoms with Crippen LogP contribution in [-0.2, 0) is 0 Å². The van der Waals surface area contributed by atoms with Gasteiger partial charge in [-0.2, -0.15) is 0 Å². The van der Waals surface area contributed by atoms with E-state index in [0.717, 1.165) is 19.6 Å². The first kappa shape index (κ1) is 9.96. The van der Waals surface area contributed by atoms with Crippen LogP contribution in [-0.4, -0.2) is 41.8 Å². The Morgan fingerprint density at radius 2 is 1.92 bits per heavy atom. The summed E-state index contributed by atoms with van der Waals surface area (Å²) in [5.74, 6) is 0. The fraction of sp³-hybridized carbons (Fsp3) is 1.00. The van der Waals surface area contributed by atoms with Crippen LogP contribution in [0.1, 0.15) is 26.2 Å². The lowest BCUT2D eigenvalue weighted by Gasteiger charge is -2.29. The van der Waals surface area contributed by atoms with Gasteiger partial charge in [-0.05, 0) is 32.9 Å². The summed E-state index contributed by atoms with van der Waals surface area (Å²) < 4.78 is 0. The fourth-order valence-corrected chi connectivity index (χ4v) is 1.59. The molecule has 2 atom stereocenters. The maximum absolute atomic E-state index is 9.20. The van der Waals surface area contributed by atoms with E-state index in [4.69, 9.17) is 5.73 Å². The van der Waals surface area contributed by atoms with Gasteiger partial charge >= 0.3 is 0 Å². The highest BCUT2D eigenvalue weighted by molar-refractivity contribution is 4.74. The zero-order chi connectivity index (χ0) is 8.97. The van der Waals surface area contributed by atoms with E-state index in [1.54, 1.807) is 6.92 Å². The summed E-state index contributed by atoms with van der Waals surface area (Å²) >= 11 is 0. The number of hydrogen-bond donors (Lipinski definition) is 2. The second-order valence-electron chi connectivity index (χ2n) is 3.77. The normalized spacial score (nSPS) is 25.2. The summed E-state index contributed by atoms with van der Waals surface area (Å²) in [5.41, 5.74) is 5.76. The molecule has 1 unspecified atom stereocenters. The Bertz CT molecular complexity index is 122. The number of aliphatic hydroxyl groups is 1. The first-order valence-electron chi connectivity index (χ1n) is 4.86. The minimum Gasteiger partial charge on any atom is -0.392 e. The standard InChI is InChI=1S/C9H20N2O/c1-8(12)9(10)7-11-5-3-2-4-6-11/h8-9,12H,2-7,10H2,1H3/t8-,9?/m1/s1. The van der Waals surface area contributed by atoms with E-state index in [-0.39, 0.29) is 12.1 Å². The molecular weight excluding hydrogens is 152 g/mol. The third-order valence-electron chi connectivity index (χ3n) is 2.54. The molecule has 0 amide bonds. The Balaban J connectivity index is 2.20. The highest BCUT2D eigenvalue weighted by Crippen LogP contribution is 2.08. The Kier molecular flexibility index (Phi) is 3.98.